The molecule has 2 aromatic rings. The quantitative estimate of drug-likeness (QED) is 0.654. The van der Waals surface area contributed by atoms with Crippen LogP contribution in [0.25, 0.3) is 11.1 Å². The molecule has 1 aliphatic rings. The summed E-state index contributed by atoms with van der Waals surface area (Å²) in [5, 5.41) is 6.43. The fourth-order valence-electron chi connectivity index (χ4n) is 4.19. The highest BCUT2D eigenvalue weighted by Crippen LogP contribution is 2.39. The number of alkyl carbamates (subject to hydrolysis) is 1. The van der Waals surface area contributed by atoms with Crippen LogP contribution in [0.2, 0.25) is 0 Å². The van der Waals surface area contributed by atoms with Crippen molar-refractivity contribution >= 4 is 17.7 Å². The van der Waals surface area contributed by atoms with Crippen LogP contribution >= 0.6 is 0 Å². The zero-order valence-corrected chi connectivity index (χ0v) is 19.9. The van der Waals surface area contributed by atoms with Crippen LogP contribution in [-0.4, -0.2) is 30.2 Å². The van der Waals surface area contributed by atoms with E-state index in [-0.39, 0.29) is 24.1 Å². The van der Waals surface area contributed by atoms with Crippen molar-refractivity contribution in [2.75, 3.05) is 4.90 Å². The van der Waals surface area contributed by atoms with E-state index in [1.807, 2.05) is 37.8 Å². The van der Waals surface area contributed by atoms with Gasteiger partial charge in [-0.1, -0.05) is 44.2 Å². The number of fused-ring (bicyclic) bond motifs is 1. The van der Waals surface area contributed by atoms with Crippen LogP contribution in [0.15, 0.2) is 42.5 Å². The lowest BCUT2D eigenvalue weighted by Gasteiger charge is -2.39. The first-order valence-electron chi connectivity index (χ1n) is 11.4. The largest absolute Gasteiger partial charge is 0.447 e. The molecule has 6 heteroatoms. The Morgan fingerprint density at radius 2 is 1.72 bits per heavy atom. The van der Waals surface area contributed by atoms with Gasteiger partial charge in [0, 0.05) is 31.2 Å². The fraction of sp³-hybridized carbons (Fsp3) is 0.462. The van der Waals surface area contributed by atoms with E-state index < -0.39 is 6.09 Å². The zero-order valence-electron chi connectivity index (χ0n) is 19.9. The normalized spacial score (nSPS) is 17.9. The van der Waals surface area contributed by atoms with Crippen molar-refractivity contribution < 1.29 is 14.3 Å². The monoisotopic (exact) mass is 437 g/mol. The number of hydrogen-bond donors (Lipinski definition) is 2. The third-order valence-corrected chi connectivity index (χ3v) is 5.66. The molecule has 1 aliphatic heterocycles. The van der Waals surface area contributed by atoms with Crippen molar-refractivity contribution in [3.63, 3.8) is 0 Å². The fourth-order valence-corrected chi connectivity index (χ4v) is 4.19. The van der Waals surface area contributed by atoms with E-state index in [2.05, 4.69) is 54.8 Å². The predicted octanol–water partition coefficient (Wildman–Crippen LogP) is 5.17. The lowest BCUT2D eigenvalue weighted by atomic mass is 9.89. The van der Waals surface area contributed by atoms with Crippen LogP contribution < -0.4 is 15.5 Å². The average Bonchev–Trinajstić information content (AvgIpc) is 2.71. The summed E-state index contributed by atoms with van der Waals surface area (Å²) >= 11 is 0. The molecule has 0 saturated carbocycles. The number of ether oxygens (including phenoxy) is 1. The van der Waals surface area contributed by atoms with Crippen molar-refractivity contribution in [2.45, 2.75) is 78.7 Å². The average molecular weight is 438 g/mol. The Morgan fingerprint density at radius 3 is 2.31 bits per heavy atom. The maximum absolute atomic E-state index is 12.4. The number of hydrogen-bond acceptors (Lipinski definition) is 4. The van der Waals surface area contributed by atoms with Crippen LogP contribution in [0.3, 0.4) is 0 Å². The number of nitrogens with zero attached hydrogens (tertiary/aromatic N) is 1. The molecule has 2 amide bonds. The SMILES string of the molecule is CC(=O)N1c2ccc(-c3ccc(CNC(C)C)cc3)cc2[C@H](NC(=O)OC(C)C)C[C@@H]1C. The Morgan fingerprint density at radius 1 is 1.06 bits per heavy atom. The van der Waals surface area contributed by atoms with Crippen LogP contribution in [0.5, 0.6) is 0 Å². The summed E-state index contributed by atoms with van der Waals surface area (Å²) in [4.78, 5) is 26.5. The van der Waals surface area contributed by atoms with Crippen LogP contribution in [0.1, 0.15) is 65.1 Å². The molecule has 2 aromatic carbocycles. The van der Waals surface area contributed by atoms with Gasteiger partial charge in [-0.05, 0) is 61.6 Å². The number of benzene rings is 2. The number of nitrogens with one attached hydrogen (secondary N) is 2. The maximum atomic E-state index is 12.4. The predicted molar refractivity (Wildman–Crippen MR) is 129 cm³/mol. The highest BCUT2D eigenvalue weighted by Gasteiger charge is 2.33. The summed E-state index contributed by atoms with van der Waals surface area (Å²) in [6.07, 6.45) is -0.00525. The van der Waals surface area contributed by atoms with Gasteiger partial charge in [0.2, 0.25) is 5.91 Å². The molecular weight excluding hydrogens is 402 g/mol. The molecule has 172 valence electrons. The zero-order chi connectivity index (χ0) is 23.4. The molecule has 0 aliphatic carbocycles. The van der Waals surface area contributed by atoms with Gasteiger partial charge >= 0.3 is 6.09 Å². The van der Waals surface area contributed by atoms with Crippen LogP contribution in [0.4, 0.5) is 10.5 Å². The van der Waals surface area contributed by atoms with E-state index in [1.165, 1.54) is 5.56 Å². The first-order chi connectivity index (χ1) is 15.2. The van der Waals surface area contributed by atoms with Gasteiger partial charge in [-0.2, -0.15) is 0 Å². The van der Waals surface area contributed by atoms with Crippen molar-refractivity contribution in [1.29, 1.82) is 0 Å². The van der Waals surface area contributed by atoms with E-state index >= 15 is 0 Å². The standard InChI is InChI=1S/C26H35N3O3/c1-16(2)27-15-20-7-9-21(10-8-20)22-11-12-25-23(14-22)24(28-26(31)32-17(3)4)13-18(5)29(25)19(6)30/h7-12,14,16-18,24,27H,13,15H2,1-6H3,(H,28,31)/t18-,24+/m0/s1. The Balaban J connectivity index is 1.92. The van der Waals surface area contributed by atoms with E-state index in [9.17, 15) is 9.59 Å². The summed E-state index contributed by atoms with van der Waals surface area (Å²) in [7, 11) is 0. The van der Waals surface area contributed by atoms with E-state index in [4.69, 9.17) is 4.74 Å². The minimum Gasteiger partial charge on any atom is -0.447 e. The maximum Gasteiger partial charge on any atom is 0.407 e. The third kappa shape index (κ3) is 5.68. The Kier molecular flexibility index (Phi) is 7.56. The van der Waals surface area contributed by atoms with Gasteiger partial charge in [-0.25, -0.2) is 4.79 Å². The third-order valence-electron chi connectivity index (χ3n) is 5.66. The van der Waals surface area contributed by atoms with E-state index in [0.717, 1.165) is 28.9 Å². The number of rotatable bonds is 6. The van der Waals surface area contributed by atoms with Gasteiger partial charge in [-0.15, -0.1) is 0 Å². The molecule has 0 fully saturated rings. The van der Waals surface area contributed by atoms with Crippen molar-refractivity contribution in [1.82, 2.24) is 10.6 Å². The molecular formula is C26H35N3O3. The summed E-state index contributed by atoms with van der Waals surface area (Å²) in [6, 6.07) is 14.8. The van der Waals surface area contributed by atoms with Crippen molar-refractivity contribution in [2.24, 2.45) is 0 Å². The van der Waals surface area contributed by atoms with Gasteiger partial charge in [-0.3, -0.25) is 4.79 Å². The highest BCUT2D eigenvalue weighted by molar-refractivity contribution is 5.94. The van der Waals surface area contributed by atoms with Gasteiger partial charge in [0.15, 0.2) is 0 Å². The van der Waals surface area contributed by atoms with Gasteiger partial charge in [0.25, 0.3) is 0 Å². The first kappa shape index (κ1) is 23.8. The smallest absolute Gasteiger partial charge is 0.407 e. The Hall–Kier alpha value is -2.86. The second-order valence-corrected chi connectivity index (χ2v) is 9.13. The van der Waals surface area contributed by atoms with Gasteiger partial charge in [0.1, 0.15) is 0 Å². The lowest BCUT2D eigenvalue weighted by Crippen LogP contribution is -2.45. The van der Waals surface area contributed by atoms with E-state index in [0.29, 0.717) is 12.5 Å². The second-order valence-electron chi connectivity index (χ2n) is 9.13. The molecule has 2 N–H and O–H groups in total. The number of carbonyl (C=O) groups is 2. The summed E-state index contributed by atoms with van der Waals surface area (Å²) in [6.45, 7) is 12.3. The number of carbonyl (C=O) groups excluding carboxylic acids is 2. The summed E-state index contributed by atoms with van der Waals surface area (Å²) in [5.41, 5.74) is 5.15. The molecule has 0 radical (unpaired) electrons. The molecule has 32 heavy (non-hydrogen) atoms. The van der Waals surface area contributed by atoms with E-state index in [1.54, 1.807) is 6.92 Å². The van der Waals surface area contributed by atoms with Gasteiger partial charge in [0.05, 0.1) is 12.1 Å². The molecule has 6 nitrogen and oxygen atoms in total. The summed E-state index contributed by atoms with van der Waals surface area (Å²) in [5.74, 6) is -0.00304. The molecule has 0 saturated heterocycles. The molecule has 2 atom stereocenters. The lowest BCUT2D eigenvalue weighted by molar-refractivity contribution is -0.117. The molecule has 3 rings (SSSR count). The molecule has 0 aromatic heterocycles. The minimum absolute atomic E-state index is 0.00304. The Bertz CT molecular complexity index is 953. The second kappa shape index (κ2) is 10.2. The van der Waals surface area contributed by atoms with Crippen LogP contribution in [0, 0.1) is 0 Å². The van der Waals surface area contributed by atoms with Crippen molar-refractivity contribution in [3.05, 3.63) is 53.6 Å². The molecule has 0 spiro atoms. The van der Waals surface area contributed by atoms with Crippen LogP contribution in [-0.2, 0) is 16.1 Å². The number of amides is 2. The summed E-state index contributed by atoms with van der Waals surface area (Å²) < 4.78 is 5.31. The molecule has 1 heterocycles. The molecule has 0 bridgehead atoms. The molecule has 0 unspecified atom stereocenters. The van der Waals surface area contributed by atoms with Crippen molar-refractivity contribution in [3.8, 4) is 11.1 Å². The number of anilines is 1. The topological polar surface area (TPSA) is 70.7 Å². The highest BCUT2D eigenvalue weighted by atomic mass is 16.6. The first-order valence-corrected chi connectivity index (χ1v) is 11.4. The Labute approximate surface area is 191 Å². The van der Waals surface area contributed by atoms with Gasteiger partial charge < -0.3 is 20.3 Å². The minimum atomic E-state index is -0.438.